The van der Waals surface area contributed by atoms with E-state index < -0.39 is 0 Å². The van der Waals surface area contributed by atoms with Crippen LogP contribution in [0.25, 0.3) is 0 Å². The molecule has 0 amide bonds. The molecule has 1 heterocycles. The van der Waals surface area contributed by atoms with Crippen LogP contribution >= 0.6 is 11.6 Å². The Balaban J connectivity index is 2.96. The molecule has 1 aromatic heterocycles. The molecular weight excluding hydrogens is 150 g/mol. The highest BCUT2D eigenvalue weighted by atomic mass is 35.5. The number of hydrogen-bond donors (Lipinski definition) is 0. The average Bonchev–Trinajstić information content (AvgIpc) is 1.88. The van der Waals surface area contributed by atoms with Crippen LogP contribution < -0.4 is 4.90 Å². The van der Waals surface area contributed by atoms with Gasteiger partial charge in [-0.2, -0.15) is 0 Å². The molecule has 53 valence electrons. The van der Waals surface area contributed by atoms with Crippen molar-refractivity contribution in [1.82, 2.24) is 9.97 Å². The maximum atomic E-state index is 5.56. The largest absolute Gasteiger partial charge is 0.347 e. The van der Waals surface area contributed by atoms with Gasteiger partial charge in [-0.15, -0.1) is 0 Å². The fourth-order valence-corrected chi connectivity index (χ4v) is 0.632. The standard InChI is InChI=1S/C6H7ClN3/c1-10(2)6-8-4-3-5(7)9-6/h4H,1-2H3. The molecular formula is C6H7ClN3. The van der Waals surface area contributed by atoms with Crippen molar-refractivity contribution < 1.29 is 0 Å². The van der Waals surface area contributed by atoms with Gasteiger partial charge < -0.3 is 4.90 Å². The summed E-state index contributed by atoms with van der Waals surface area (Å²) in [7, 11) is 3.71. The van der Waals surface area contributed by atoms with Gasteiger partial charge in [0.25, 0.3) is 0 Å². The smallest absolute Gasteiger partial charge is 0.226 e. The number of rotatable bonds is 1. The third-order valence-corrected chi connectivity index (χ3v) is 1.16. The van der Waals surface area contributed by atoms with E-state index in [-0.39, 0.29) is 0 Å². The lowest BCUT2D eigenvalue weighted by molar-refractivity contribution is 0.997. The average molecular weight is 157 g/mol. The van der Waals surface area contributed by atoms with Gasteiger partial charge in [-0.05, 0) is 0 Å². The minimum atomic E-state index is 0.346. The second kappa shape index (κ2) is 2.84. The van der Waals surface area contributed by atoms with Crippen molar-refractivity contribution in [3.63, 3.8) is 0 Å². The molecule has 1 rings (SSSR count). The van der Waals surface area contributed by atoms with E-state index >= 15 is 0 Å². The van der Waals surface area contributed by atoms with Crippen molar-refractivity contribution in [2.24, 2.45) is 0 Å². The molecule has 0 bridgehead atoms. The molecule has 0 aromatic carbocycles. The van der Waals surface area contributed by atoms with Crippen molar-refractivity contribution >= 4 is 17.5 Å². The zero-order valence-electron chi connectivity index (χ0n) is 5.80. The molecule has 0 aliphatic rings. The number of anilines is 1. The molecule has 0 aliphatic heterocycles. The van der Waals surface area contributed by atoms with Crippen LogP contribution in [-0.2, 0) is 0 Å². The summed E-state index contributed by atoms with van der Waals surface area (Å²) >= 11 is 5.56. The lowest BCUT2D eigenvalue weighted by Crippen LogP contribution is -2.12. The summed E-state index contributed by atoms with van der Waals surface area (Å²) in [5, 5.41) is 0.346. The number of nitrogens with zero attached hydrogens (tertiary/aromatic N) is 3. The van der Waals surface area contributed by atoms with Gasteiger partial charge in [0.05, 0.1) is 0 Å². The van der Waals surface area contributed by atoms with Crippen molar-refractivity contribution in [3.05, 3.63) is 17.4 Å². The first-order valence-electron chi connectivity index (χ1n) is 2.77. The van der Waals surface area contributed by atoms with Crippen LogP contribution in [0.1, 0.15) is 0 Å². The van der Waals surface area contributed by atoms with Crippen molar-refractivity contribution in [2.75, 3.05) is 19.0 Å². The monoisotopic (exact) mass is 156 g/mol. The van der Waals surface area contributed by atoms with Crippen LogP contribution in [0.2, 0.25) is 5.15 Å². The molecule has 1 radical (unpaired) electrons. The Morgan fingerprint density at radius 2 is 2.30 bits per heavy atom. The lowest BCUT2D eigenvalue weighted by atomic mass is 10.6. The maximum absolute atomic E-state index is 5.56. The first-order chi connectivity index (χ1) is 4.70. The van der Waals surface area contributed by atoms with Crippen molar-refractivity contribution in [2.45, 2.75) is 0 Å². The van der Waals surface area contributed by atoms with E-state index in [4.69, 9.17) is 11.6 Å². The Kier molecular flexibility index (Phi) is 2.06. The Bertz CT molecular complexity index is 224. The summed E-state index contributed by atoms with van der Waals surface area (Å²) in [6.45, 7) is 0. The summed E-state index contributed by atoms with van der Waals surface area (Å²) in [5.74, 6) is 0.601. The van der Waals surface area contributed by atoms with E-state index in [2.05, 4.69) is 16.0 Å². The van der Waals surface area contributed by atoms with E-state index in [0.29, 0.717) is 11.1 Å². The molecule has 0 spiro atoms. The molecule has 0 aliphatic carbocycles. The van der Waals surface area contributed by atoms with Crippen LogP contribution in [0.5, 0.6) is 0 Å². The molecule has 0 unspecified atom stereocenters. The van der Waals surface area contributed by atoms with Gasteiger partial charge in [-0.25, -0.2) is 9.97 Å². The summed E-state index contributed by atoms with van der Waals surface area (Å²) in [4.78, 5) is 9.59. The second-order valence-electron chi connectivity index (χ2n) is 2.00. The third kappa shape index (κ3) is 1.57. The van der Waals surface area contributed by atoms with Gasteiger partial charge in [-0.1, -0.05) is 11.6 Å². The van der Waals surface area contributed by atoms with Gasteiger partial charge in [0.15, 0.2) is 0 Å². The third-order valence-electron chi connectivity index (χ3n) is 0.962. The summed E-state index contributed by atoms with van der Waals surface area (Å²) in [6.07, 6.45) is 1.50. The van der Waals surface area contributed by atoms with Gasteiger partial charge >= 0.3 is 0 Å². The highest BCUT2D eigenvalue weighted by Crippen LogP contribution is 2.06. The molecule has 0 N–H and O–H groups in total. The number of aromatic nitrogens is 2. The van der Waals surface area contributed by atoms with Crippen LogP contribution in [0.3, 0.4) is 0 Å². The Hall–Kier alpha value is -0.830. The highest BCUT2D eigenvalue weighted by Gasteiger charge is 1.97. The predicted octanol–water partition coefficient (Wildman–Crippen LogP) is 0.996. The molecule has 4 heteroatoms. The van der Waals surface area contributed by atoms with Crippen LogP contribution in [0.15, 0.2) is 6.20 Å². The lowest BCUT2D eigenvalue weighted by Gasteiger charge is -2.07. The van der Waals surface area contributed by atoms with Gasteiger partial charge in [0, 0.05) is 26.4 Å². The molecule has 0 saturated heterocycles. The quantitative estimate of drug-likeness (QED) is 0.568. The fourth-order valence-electron chi connectivity index (χ4n) is 0.508. The maximum Gasteiger partial charge on any atom is 0.226 e. The van der Waals surface area contributed by atoms with E-state index in [1.807, 2.05) is 14.1 Å². The van der Waals surface area contributed by atoms with Crippen LogP contribution in [0.4, 0.5) is 5.95 Å². The number of hydrogen-bond acceptors (Lipinski definition) is 3. The van der Waals surface area contributed by atoms with E-state index in [0.717, 1.165) is 0 Å². The zero-order chi connectivity index (χ0) is 7.56. The molecule has 1 aromatic rings. The Morgan fingerprint density at radius 3 is 2.70 bits per heavy atom. The molecule has 0 fully saturated rings. The van der Waals surface area contributed by atoms with E-state index in [1.54, 1.807) is 4.90 Å². The first kappa shape index (κ1) is 7.28. The minimum absolute atomic E-state index is 0.346. The normalized spacial score (nSPS) is 9.50. The van der Waals surface area contributed by atoms with E-state index in [1.165, 1.54) is 6.20 Å². The van der Waals surface area contributed by atoms with Crippen LogP contribution in [0, 0.1) is 6.07 Å². The zero-order valence-corrected chi connectivity index (χ0v) is 6.55. The summed E-state index contributed by atoms with van der Waals surface area (Å²) in [6, 6.07) is 2.64. The molecule has 3 nitrogen and oxygen atoms in total. The topological polar surface area (TPSA) is 29.0 Å². The van der Waals surface area contributed by atoms with Gasteiger partial charge in [-0.3, -0.25) is 0 Å². The van der Waals surface area contributed by atoms with E-state index in [9.17, 15) is 0 Å². The molecule has 0 atom stereocenters. The van der Waals surface area contributed by atoms with Gasteiger partial charge in [0.1, 0.15) is 5.15 Å². The minimum Gasteiger partial charge on any atom is -0.347 e. The molecule has 0 saturated carbocycles. The first-order valence-corrected chi connectivity index (χ1v) is 3.15. The van der Waals surface area contributed by atoms with Gasteiger partial charge in [0.2, 0.25) is 5.95 Å². The predicted molar refractivity (Wildman–Crippen MR) is 40.2 cm³/mol. The Morgan fingerprint density at radius 1 is 1.60 bits per heavy atom. The van der Waals surface area contributed by atoms with Crippen molar-refractivity contribution in [1.29, 1.82) is 0 Å². The second-order valence-corrected chi connectivity index (χ2v) is 2.36. The Labute approximate surface area is 64.7 Å². The summed E-state index contributed by atoms with van der Waals surface area (Å²) < 4.78 is 0. The number of halogens is 1. The highest BCUT2D eigenvalue weighted by molar-refractivity contribution is 6.29. The summed E-state index contributed by atoms with van der Waals surface area (Å²) in [5.41, 5.74) is 0. The fraction of sp³-hybridized carbons (Fsp3) is 0.333. The molecule has 10 heavy (non-hydrogen) atoms. The SMILES string of the molecule is CN(C)c1nc[c]c(Cl)n1. The van der Waals surface area contributed by atoms with Crippen molar-refractivity contribution in [3.8, 4) is 0 Å². The van der Waals surface area contributed by atoms with Crippen LogP contribution in [-0.4, -0.2) is 24.1 Å².